The van der Waals surface area contributed by atoms with E-state index in [1.54, 1.807) is 11.3 Å². The first-order valence-electron chi connectivity index (χ1n) is 16.1. The molecule has 5 heteroatoms. The van der Waals surface area contributed by atoms with Crippen LogP contribution in [-0.2, 0) is 0 Å². The van der Waals surface area contributed by atoms with Gasteiger partial charge in [0.05, 0.1) is 21.8 Å². The molecule has 0 saturated heterocycles. The largest absolute Gasteiger partial charge is 0.455 e. The van der Waals surface area contributed by atoms with Crippen LogP contribution in [0.1, 0.15) is 5.56 Å². The summed E-state index contributed by atoms with van der Waals surface area (Å²) in [5, 5.41) is 12.5. The molecule has 2 heterocycles. The molecular weight excluding hydrogens is 619 g/mol. The lowest BCUT2D eigenvalue weighted by molar-refractivity contribution is 0.670. The number of furan rings is 1. The lowest BCUT2D eigenvalue weighted by Gasteiger charge is -2.26. The van der Waals surface area contributed by atoms with Crippen LogP contribution in [0.5, 0.6) is 0 Å². The van der Waals surface area contributed by atoms with Crippen molar-refractivity contribution >= 4 is 60.6 Å². The Morgan fingerprint density at radius 1 is 0.531 bits per heavy atom. The number of benzene rings is 7. The summed E-state index contributed by atoms with van der Waals surface area (Å²) in [6, 6.07) is 58.6. The van der Waals surface area contributed by atoms with Gasteiger partial charge in [0.2, 0.25) is 0 Å². The number of thiazole rings is 1. The van der Waals surface area contributed by atoms with Gasteiger partial charge in [-0.3, -0.25) is 0 Å². The number of rotatable bonds is 6. The number of anilines is 3. The van der Waals surface area contributed by atoms with Crippen LogP contribution in [0.2, 0.25) is 0 Å². The van der Waals surface area contributed by atoms with E-state index in [0.29, 0.717) is 5.56 Å². The molecule has 0 saturated carbocycles. The van der Waals surface area contributed by atoms with Gasteiger partial charge in [-0.15, -0.1) is 11.3 Å². The minimum Gasteiger partial charge on any atom is -0.455 e. The van der Waals surface area contributed by atoms with Crippen LogP contribution >= 0.6 is 11.3 Å². The van der Waals surface area contributed by atoms with Gasteiger partial charge in [0, 0.05) is 39.0 Å². The summed E-state index contributed by atoms with van der Waals surface area (Å²) in [7, 11) is 0. The van der Waals surface area contributed by atoms with E-state index in [4.69, 9.17) is 9.40 Å². The average molecular weight is 646 g/mol. The summed E-state index contributed by atoms with van der Waals surface area (Å²) in [4.78, 5) is 7.15. The van der Waals surface area contributed by atoms with Crippen molar-refractivity contribution in [2.75, 3.05) is 4.90 Å². The zero-order valence-electron chi connectivity index (χ0n) is 26.2. The van der Waals surface area contributed by atoms with E-state index in [2.05, 4.69) is 132 Å². The number of hydrogen-bond acceptors (Lipinski definition) is 5. The molecule has 0 spiro atoms. The van der Waals surface area contributed by atoms with Crippen molar-refractivity contribution in [1.29, 1.82) is 5.26 Å². The van der Waals surface area contributed by atoms with Crippen molar-refractivity contribution < 1.29 is 4.42 Å². The summed E-state index contributed by atoms with van der Waals surface area (Å²) in [5.74, 6) is 0. The summed E-state index contributed by atoms with van der Waals surface area (Å²) in [6.07, 6.45) is 0. The van der Waals surface area contributed by atoms with Gasteiger partial charge in [0.15, 0.2) is 0 Å². The third-order valence-electron chi connectivity index (χ3n) is 8.98. The molecule has 0 radical (unpaired) electrons. The quantitative estimate of drug-likeness (QED) is 0.181. The van der Waals surface area contributed by atoms with Crippen molar-refractivity contribution in [3.63, 3.8) is 0 Å². The second-order valence-electron chi connectivity index (χ2n) is 11.9. The number of aromatic nitrogens is 1. The van der Waals surface area contributed by atoms with Crippen LogP contribution in [0.3, 0.4) is 0 Å². The minimum atomic E-state index is 0.654. The van der Waals surface area contributed by atoms with Crippen LogP contribution in [0.25, 0.3) is 65.0 Å². The summed E-state index contributed by atoms with van der Waals surface area (Å²) < 4.78 is 7.54. The van der Waals surface area contributed by atoms with Crippen molar-refractivity contribution in [2.24, 2.45) is 0 Å². The Morgan fingerprint density at radius 2 is 1.10 bits per heavy atom. The maximum atomic E-state index is 9.22. The molecule has 0 unspecified atom stereocenters. The molecule has 7 aromatic carbocycles. The van der Waals surface area contributed by atoms with Gasteiger partial charge in [-0.05, 0) is 95.6 Å². The summed E-state index contributed by atoms with van der Waals surface area (Å²) in [6.45, 7) is 0. The van der Waals surface area contributed by atoms with Crippen molar-refractivity contribution in [1.82, 2.24) is 4.98 Å². The predicted octanol–water partition coefficient (Wildman–Crippen LogP) is 12.5. The lowest BCUT2D eigenvalue weighted by Crippen LogP contribution is -2.09. The number of nitrogens with zero attached hydrogens (tertiary/aromatic N) is 3. The molecular formula is C44H27N3OS. The van der Waals surface area contributed by atoms with Gasteiger partial charge < -0.3 is 9.32 Å². The highest BCUT2D eigenvalue weighted by Crippen LogP contribution is 2.40. The Hall–Kier alpha value is -6.48. The van der Waals surface area contributed by atoms with E-state index < -0.39 is 0 Å². The van der Waals surface area contributed by atoms with Crippen LogP contribution < -0.4 is 4.90 Å². The molecule has 0 aliphatic rings. The molecule has 9 aromatic rings. The molecule has 0 aliphatic carbocycles. The van der Waals surface area contributed by atoms with Crippen molar-refractivity contribution in [3.8, 4) is 38.9 Å². The summed E-state index contributed by atoms with van der Waals surface area (Å²) >= 11 is 1.71. The molecule has 230 valence electrons. The Balaban J connectivity index is 1.10. The molecule has 0 atom stereocenters. The number of para-hydroxylation sites is 3. The van der Waals surface area contributed by atoms with E-state index in [1.165, 1.54) is 4.70 Å². The molecule has 49 heavy (non-hydrogen) atoms. The second kappa shape index (κ2) is 12.0. The molecule has 0 aliphatic heterocycles. The monoisotopic (exact) mass is 645 g/mol. The van der Waals surface area contributed by atoms with E-state index >= 15 is 0 Å². The Kier molecular flexibility index (Phi) is 7.01. The van der Waals surface area contributed by atoms with Gasteiger partial charge >= 0.3 is 0 Å². The fraction of sp³-hybridized carbons (Fsp3) is 0. The van der Waals surface area contributed by atoms with Crippen LogP contribution in [0, 0.1) is 11.3 Å². The predicted molar refractivity (Wildman–Crippen MR) is 203 cm³/mol. The molecule has 0 N–H and O–H groups in total. The first kappa shape index (κ1) is 28.7. The Bertz CT molecular complexity index is 2610. The van der Waals surface area contributed by atoms with Gasteiger partial charge in [0.1, 0.15) is 16.2 Å². The molecule has 4 nitrogen and oxygen atoms in total. The third-order valence-corrected chi connectivity index (χ3v) is 10.1. The molecule has 2 aromatic heterocycles. The topological polar surface area (TPSA) is 53.1 Å². The highest BCUT2D eigenvalue weighted by atomic mass is 32.1. The van der Waals surface area contributed by atoms with Gasteiger partial charge in [0.25, 0.3) is 0 Å². The number of nitriles is 1. The zero-order valence-corrected chi connectivity index (χ0v) is 27.1. The Labute approximate surface area is 287 Å². The van der Waals surface area contributed by atoms with E-state index in [1.807, 2.05) is 42.5 Å². The lowest BCUT2D eigenvalue weighted by atomic mass is 10.0. The van der Waals surface area contributed by atoms with Crippen molar-refractivity contribution in [2.45, 2.75) is 0 Å². The highest BCUT2D eigenvalue weighted by Gasteiger charge is 2.16. The van der Waals surface area contributed by atoms with E-state index in [0.717, 1.165) is 77.3 Å². The minimum absolute atomic E-state index is 0.654. The Morgan fingerprint density at radius 3 is 1.78 bits per heavy atom. The molecule has 9 rings (SSSR count). The average Bonchev–Trinajstić information content (AvgIpc) is 3.78. The standard InChI is InChI=1S/C44H27N3OS/c45-28-29-12-14-30(15-13-29)31-16-22-34(23-17-31)47(36-26-20-33(21-27-36)44-46-40-9-2-4-11-42(40)49-44)35-24-18-32(19-25-35)37-7-5-8-39-38-6-1-3-10-41(38)48-43(37)39/h1-27H. The van der Waals surface area contributed by atoms with Crippen LogP contribution in [0.15, 0.2) is 168 Å². The third kappa shape index (κ3) is 5.21. The first-order valence-corrected chi connectivity index (χ1v) is 16.9. The fourth-order valence-electron chi connectivity index (χ4n) is 6.50. The molecule has 0 bridgehead atoms. The van der Waals surface area contributed by atoms with Crippen LogP contribution in [0.4, 0.5) is 17.1 Å². The first-order chi connectivity index (χ1) is 24.2. The fourth-order valence-corrected chi connectivity index (χ4v) is 7.47. The zero-order chi connectivity index (χ0) is 32.7. The smallest absolute Gasteiger partial charge is 0.143 e. The van der Waals surface area contributed by atoms with Gasteiger partial charge in [-0.1, -0.05) is 84.9 Å². The number of hydrogen-bond donors (Lipinski definition) is 0. The van der Waals surface area contributed by atoms with Crippen molar-refractivity contribution in [3.05, 3.63) is 169 Å². The van der Waals surface area contributed by atoms with E-state index in [9.17, 15) is 5.26 Å². The van der Waals surface area contributed by atoms with Crippen LogP contribution in [-0.4, -0.2) is 4.98 Å². The molecule has 0 amide bonds. The SMILES string of the molecule is N#Cc1ccc(-c2ccc(N(c3ccc(-c4nc5ccccc5s4)cc3)c3ccc(-c4cccc5c4oc4ccccc45)cc3)cc2)cc1. The maximum absolute atomic E-state index is 9.22. The van der Waals surface area contributed by atoms with E-state index in [-0.39, 0.29) is 0 Å². The van der Waals surface area contributed by atoms with Gasteiger partial charge in [-0.25, -0.2) is 4.98 Å². The normalized spacial score (nSPS) is 11.2. The maximum Gasteiger partial charge on any atom is 0.143 e. The molecule has 0 fully saturated rings. The number of fused-ring (bicyclic) bond motifs is 4. The summed E-state index contributed by atoms with van der Waals surface area (Å²) in [5.41, 5.74) is 12.0. The van der Waals surface area contributed by atoms with Gasteiger partial charge in [-0.2, -0.15) is 5.26 Å². The highest BCUT2D eigenvalue weighted by molar-refractivity contribution is 7.21. The second-order valence-corrected chi connectivity index (χ2v) is 13.0.